The summed E-state index contributed by atoms with van der Waals surface area (Å²) in [4.78, 5) is 0. The minimum absolute atomic E-state index is 0.326. The van der Waals surface area contributed by atoms with Crippen LogP contribution < -0.4 is 5.32 Å². The first-order chi connectivity index (χ1) is 6.46. The molecule has 0 bridgehead atoms. The van der Waals surface area contributed by atoms with E-state index in [-0.39, 0.29) is 5.54 Å². The number of nitrogens with zero attached hydrogens (tertiary/aromatic N) is 2. The maximum atomic E-state index is 5.94. The smallest absolute Gasteiger partial charge is 0.0831 e. The monoisotopic (exact) mass is 211 g/mol. The van der Waals surface area contributed by atoms with E-state index in [9.17, 15) is 0 Å². The number of aromatic nitrogens is 2. The van der Waals surface area contributed by atoms with Gasteiger partial charge >= 0.3 is 0 Å². The second-order valence-corrected chi connectivity index (χ2v) is 4.09. The van der Waals surface area contributed by atoms with Crippen molar-refractivity contribution < 1.29 is 0 Å². The topological polar surface area (TPSA) is 29.9 Å². The van der Waals surface area contributed by atoms with Crippen LogP contribution in [0.15, 0.2) is 6.20 Å². The Kier molecular flexibility index (Phi) is 3.20. The Morgan fingerprint density at radius 1 is 1.71 bits per heavy atom. The maximum absolute atomic E-state index is 5.94. The van der Waals surface area contributed by atoms with Gasteiger partial charge in [0, 0.05) is 13.6 Å². The SMILES string of the molecule is C#CC(C)(C)NCc1c(Cl)cnn1C. The first-order valence-electron chi connectivity index (χ1n) is 4.35. The lowest BCUT2D eigenvalue weighted by Crippen LogP contribution is -2.37. The molecular weight excluding hydrogens is 198 g/mol. The van der Waals surface area contributed by atoms with Crippen LogP contribution in [-0.2, 0) is 13.6 Å². The molecule has 3 nitrogen and oxygen atoms in total. The van der Waals surface area contributed by atoms with E-state index in [1.165, 1.54) is 0 Å². The van der Waals surface area contributed by atoms with E-state index in [1.54, 1.807) is 10.9 Å². The third-order valence-electron chi connectivity index (χ3n) is 2.07. The molecule has 0 atom stereocenters. The molecule has 0 saturated heterocycles. The predicted molar refractivity (Wildman–Crippen MR) is 58.0 cm³/mol. The van der Waals surface area contributed by atoms with E-state index in [0.29, 0.717) is 11.6 Å². The molecule has 0 amide bonds. The van der Waals surface area contributed by atoms with Gasteiger partial charge in [-0.15, -0.1) is 6.42 Å². The second kappa shape index (κ2) is 4.04. The predicted octanol–water partition coefficient (Wildman–Crippen LogP) is 1.57. The van der Waals surface area contributed by atoms with Gasteiger partial charge < -0.3 is 0 Å². The summed E-state index contributed by atoms with van der Waals surface area (Å²) in [6.07, 6.45) is 6.98. The lowest BCUT2D eigenvalue weighted by Gasteiger charge is -2.19. The Morgan fingerprint density at radius 3 is 2.79 bits per heavy atom. The minimum atomic E-state index is -0.326. The van der Waals surface area contributed by atoms with E-state index in [1.807, 2.05) is 20.9 Å². The molecule has 4 heteroatoms. The Bertz CT molecular complexity index is 340. The van der Waals surface area contributed by atoms with Crippen LogP contribution >= 0.6 is 11.6 Å². The zero-order valence-electron chi connectivity index (χ0n) is 8.63. The number of nitrogens with one attached hydrogen (secondary N) is 1. The van der Waals surface area contributed by atoms with Gasteiger partial charge in [-0.2, -0.15) is 5.10 Å². The molecular formula is C10H14ClN3. The summed E-state index contributed by atoms with van der Waals surface area (Å²) in [5, 5.41) is 7.91. The summed E-state index contributed by atoms with van der Waals surface area (Å²) in [6.45, 7) is 4.50. The van der Waals surface area contributed by atoms with Crippen LogP contribution in [0.25, 0.3) is 0 Å². The van der Waals surface area contributed by atoms with E-state index in [2.05, 4.69) is 16.3 Å². The highest BCUT2D eigenvalue weighted by Gasteiger charge is 2.14. The van der Waals surface area contributed by atoms with Gasteiger partial charge in [-0.05, 0) is 13.8 Å². The molecule has 1 heterocycles. The molecule has 0 fully saturated rings. The van der Waals surface area contributed by atoms with Crippen LogP contribution in [0.3, 0.4) is 0 Å². The molecule has 0 spiro atoms. The lowest BCUT2D eigenvalue weighted by atomic mass is 10.1. The molecule has 0 unspecified atom stereocenters. The van der Waals surface area contributed by atoms with Crippen LogP contribution in [0.5, 0.6) is 0 Å². The Labute approximate surface area is 89.4 Å². The molecule has 1 aromatic heterocycles. The van der Waals surface area contributed by atoms with Crippen molar-refractivity contribution in [3.05, 3.63) is 16.9 Å². The van der Waals surface area contributed by atoms with Crippen molar-refractivity contribution in [2.45, 2.75) is 25.9 Å². The normalized spacial score (nSPS) is 11.4. The van der Waals surface area contributed by atoms with Gasteiger partial charge in [-0.1, -0.05) is 17.5 Å². The van der Waals surface area contributed by atoms with E-state index in [4.69, 9.17) is 18.0 Å². The summed E-state index contributed by atoms with van der Waals surface area (Å²) < 4.78 is 1.74. The fraction of sp³-hybridized carbons (Fsp3) is 0.500. The largest absolute Gasteiger partial charge is 0.296 e. The fourth-order valence-corrected chi connectivity index (χ4v) is 1.22. The molecule has 14 heavy (non-hydrogen) atoms. The van der Waals surface area contributed by atoms with Crippen LogP contribution in [0.2, 0.25) is 5.02 Å². The van der Waals surface area contributed by atoms with E-state index in [0.717, 1.165) is 5.69 Å². The van der Waals surface area contributed by atoms with Crippen molar-refractivity contribution in [2.24, 2.45) is 7.05 Å². The molecule has 1 aromatic rings. The van der Waals surface area contributed by atoms with Crippen molar-refractivity contribution in [2.75, 3.05) is 0 Å². The van der Waals surface area contributed by atoms with Gasteiger partial charge in [0.05, 0.1) is 22.5 Å². The quantitative estimate of drug-likeness (QED) is 0.770. The Morgan fingerprint density at radius 2 is 2.36 bits per heavy atom. The first kappa shape index (κ1) is 11.1. The summed E-state index contributed by atoms with van der Waals surface area (Å²) in [7, 11) is 1.85. The third-order valence-corrected chi connectivity index (χ3v) is 2.38. The highest BCUT2D eigenvalue weighted by atomic mass is 35.5. The molecule has 0 aliphatic carbocycles. The number of hydrogen-bond donors (Lipinski definition) is 1. The first-order valence-corrected chi connectivity index (χ1v) is 4.73. The van der Waals surface area contributed by atoms with Crippen LogP contribution in [-0.4, -0.2) is 15.3 Å². The van der Waals surface area contributed by atoms with Crippen LogP contribution in [0.4, 0.5) is 0 Å². The van der Waals surface area contributed by atoms with Crippen LogP contribution in [0.1, 0.15) is 19.5 Å². The molecule has 0 radical (unpaired) electrons. The molecule has 0 saturated carbocycles. The van der Waals surface area contributed by atoms with Gasteiger partial charge in [0.15, 0.2) is 0 Å². The number of terminal acetylenes is 1. The second-order valence-electron chi connectivity index (χ2n) is 3.69. The van der Waals surface area contributed by atoms with Crippen molar-refractivity contribution in [3.8, 4) is 12.3 Å². The van der Waals surface area contributed by atoms with E-state index >= 15 is 0 Å². The highest BCUT2D eigenvalue weighted by molar-refractivity contribution is 6.31. The van der Waals surface area contributed by atoms with Gasteiger partial charge in [0.1, 0.15) is 0 Å². The molecule has 1 N–H and O–H groups in total. The molecule has 76 valence electrons. The van der Waals surface area contributed by atoms with Crippen molar-refractivity contribution in [1.29, 1.82) is 0 Å². The van der Waals surface area contributed by atoms with Crippen molar-refractivity contribution >= 4 is 11.6 Å². The van der Waals surface area contributed by atoms with Crippen LogP contribution in [0, 0.1) is 12.3 Å². The highest BCUT2D eigenvalue weighted by Crippen LogP contribution is 2.14. The summed E-state index contributed by atoms with van der Waals surface area (Å²) in [6, 6.07) is 0. The zero-order valence-corrected chi connectivity index (χ0v) is 9.39. The average molecular weight is 212 g/mol. The zero-order chi connectivity index (χ0) is 10.8. The number of aryl methyl sites for hydroxylation is 1. The van der Waals surface area contributed by atoms with E-state index < -0.39 is 0 Å². The molecule has 1 rings (SSSR count). The van der Waals surface area contributed by atoms with Gasteiger partial charge in [0.2, 0.25) is 0 Å². The fourth-order valence-electron chi connectivity index (χ4n) is 0.991. The standard InChI is InChI=1S/C10H14ClN3/c1-5-10(2,3)12-7-9-8(11)6-13-14(9)4/h1,6,12H,7H2,2-4H3. The molecule has 0 aliphatic heterocycles. The molecule has 0 aromatic carbocycles. The number of rotatable bonds is 3. The number of hydrogen-bond acceptors (Lipinski definition) is 2. The minimum Gasteiger partial charge on any atom is -0.296 e. The van der Waals surface area contributed by atoms with Crippen molar-refractivity contribution in [1.82, 2.24) is 15.1 Å². The van der Waals surface area contributed by atoms with Gasteiger partial charge in [-0.3, -0.25) is 10.00 Å². The maximum Gasteiger partial charge on any atom is 0.0831 e. The summed E-state index contributed by atoms with van der Waals surface area (Å²) in [5.41, 5.74) is 0.614. The van der Waals surface area contributed by atoms with Crippen molar-refractivity contribution in [3.63, 3.8) is 0 Å². The Balaban J connectivity index is 2.68. The summed E-state index contributed by atoms with van der Waals surface area (Å²) >= 11 is 5.94. The molecule has 0 aliphatic rings. The Hall–Kier alpha value is -0.980. The lowest BCUT2D eigenvalue weighted by molar-refractivity contribution is 0.477. The van der Waals surface area contributed by atoms with Gasteiger partial charge in [0.25, 0.3) is 0 Å². The van der Waals surface area contributed by atoms with Gasteiger partial charge in [-0.25, -0.2) is 0 Å². The average Bonchev–Trinajstić information content (AvgIpc) is 2.44. The number of halogens is 1. The third kappa shape index (κ3) is 2.50. The summed E-state index contributed by atoms with van der Waals surface area (Å²) in [5.74, 6) is 2.66.